The minimum atomic E-state index is -0.290. The molecule has 0 saturated heterocycles. The molecule has 0 aromatic heterocycles. The zero-order valence-electron chi connectivity index (χ0n) is 16.7. The van der Waals surface area contributed by atoms with E-state index >= 15 is 0 Å². The Morgan fingerprint density at radius 2 is 1.61 bits per heavy atom. The molecule has 1 N–H and O–H groups in total. The van der Waals surface area contributed by atoms with Crippen molar-refractivity contribution in [1.82, 2.24) is 10.2 Å². The summed E-state index contributed by atoms with van der Waals surface area (Å²) in [4.78, 5) is 14.5. The maximum absolute atomic E-state index is 13.2. The molecule has 2 atom stereocenters. The molecule has 1 aliphatic rings. The molecule has 0 unspecified atom stereocenters. The van der Waals surface area contributed by atoms with Gasteiger partial charge in [-0.1, -0.05) is 32.0 Å². The summed E-state index contributed by atoms with van der Waals surface area (Å²) < 4.78 is 24.4. The van der Waals surface area contributed by atoms with E-state index in [4.69, 9.17) is 9.47 Å². The smallest absolute Gasteiger partial charge is 0.318 e. The van der Waals surface area contributed by atoms with Gasteiger partial charge in [-0.3, -0.25) is 0 Å². The molecule has 2 aromatic carbocycles. The third kappa shape index (κ3) is 4.38. The number of hydrogen-bond acceptors (Lipinski definition) is 3. The summed E-state index contributed by atoms with van der Waals surface area (Å²) in [6.07, 6.45) is 0. The van der Waals surface area contributed by atoms with E-state index in [-0.39, 0.29) is 29.8 Å². The van der Waals surface area contributed by atoms with Crippen molar-refractivity contribution in [2.24, 2.45) is 5.92 Å². The highest BCUT2D eigenvalue weighted by atomic mass is 19.1. The third-order valence-corrected chi connectivity index (χ3v) is 5.12. The van der Waals surface area contributed by atoms with Crippen LogP contribution in [0.5, 0.6) is 11.5 Å². The Kier molecular flexibility index (Phi) is 6.07. The predicted octanol–water partition coefficient (Wildman–Crippen LogP) is 4.70. The molecule has 2 amide bonds. The number of carbonyl (C=O) groups excluding carboxylic acids is 1. The fourth-order valence-electron chi connectivity index (χ4n) is 3.26. The average Bonchev–Trinajstić information content (AvgIpc) is 2.70. The Bertz CT molecular complexity index is 823. The molecule has 0 fully saturated rings. The van der Waals surface area contributed by atoms with Crippen molar-refractivity contribution < 1.29 is 18.7 Å². The van der Waals surface area contributed by atoms with Gasteiger partial charge >= 0.3 is 6.03 Å². The first-order chi connectivity index (χ1) is 13.4. The summed E-state index contributed by atoms with van der Waals surface area (Å²) in [5, 5.41) is 3.12. The van der Waals surface area contributed by atoms with E-state index in [9.17, 15) is 9.18 Å². The van der Waals surface area contributed by atoms with E-state index in [0.717, 1.165) is 16.9 Å². The number of halogens is 1. The van der Waals surface area contributed by atoms with Crippen molar-refractivity contribution in [2.75, 3.05) is 20.3 Å². The topological polar surface area (TPSA) is 50.8 Å². The van der Waals surface area contributed by atoms with Crippen LogP contribution < -0.4 is 14.8 Å². The lowest BCUT2D eigenvalue weighted by molar-refractivity contribution is 0.170. The van der Waals surface area contributed by atoms with Gasteiger partial charge in [-0.25, -0.2) is 9.18 Å². The fraction of sp³-hybridized carbons (Fsp3) is 0.409. The Hall–Kier alpha value is -2.76. The number of urea groups is 1. The van der Waals surface area contributed by atoms with E-state index in [2.05, 4.69) is 19.2 Å². The highest BCUT2D eigenvalue weighted by Crippen LogP contribution is 2.34. The van der Waals surface area contributed by atoms with Crippen LogP contribution in [0, 0.1) is 11.7 Å². The van der Waals surface area contributed by atoms with Gasteiger partial charge in [-0.15, -0.1) is 0 Å². The molecule has 1 aliphatic heterocycles. The summed E-state index contributed by atoms with van der Waals surface area (Å²) in [5.74, 6) is 1.32. The van der Waals surface area contributed by atoms with Crippen LogP contribution in [0.25, 0.3) is 0 Å². The van der Waals surface area contributed by atoms with E-state index in [0.29, 0.717) is 19.0 Å². The minimum Gasteiger partial charge on any atom is -0.486 e. The summed E-state index contributed by atoms with van der Waals surface area (Å²) in [6.45, 7) is 7.10. The number of nitrogens with one attached hydrogen (secondary N) is 1. The van der Waals surface area contributed by atoms with Gasteiger partial charge in [0.2, 0.25) is 0 Å². The second kappa shape index (κ2) is 8.50. The molecule has 0 bridgehead atoms. The number of nitrogens with zero attached hydrogens (tertiary/aromatic N) is 1. The molecule has 3 rings (SSSR count). The van der Waals surface area contributed by atoms with Gasteiger partial charge in [0.05, 0.1) is 12.1 Å². The molecule has 0 aliphatic carbocycles. The summed E-state index contributed by atoms with van der Waals surface area (Å²) in [7, 11) is 1.74. The molecule has 1 heterocycles. The van der Waals surface area contributed by atoms with Crippen molar-refractivity contribution in [2.45, 2.75) is 32.9 Å². The number of benzene rings is 2. The molecule has 0 saturated carbocycles. The van der Waals surface area contributed by atoms with Crippen LogP contribution in [0.1, 0.15) is 44.0 Å². The Labute approximate surface area is 165 Å². The predicted molar refractivity (Wildman–Crippen MR) is 106 cm³/mol. The van der Waals surface area contributed by atoms with Crippen molar-refractivity contribution in [1.29, 1.82) is 0 Å². The normalized spacial score (nSPS) is 15.1. The minimum absolute atomic E-state index is 0.175. The van der Waals surface area contributed by atoms with Crippen LogP contribution in [-0.2, 0) is 0 Å². The number of hydrogen-bond donors (Lipinski definition) is 1. The molecule has 150 valence electrons. The number of carbonyl (C=O) groups is 1. The van der Waals surface area contributed by atoms with Gasteiger partial charge in [-0.05, 0) is 48.2 Å². The molecular weight excluding hydrogens is 359 g/mol. The van der Waals surface area contributed by atoms with Gasteiger partial charge < -0.3 is 19.7 Å². The van der Waals surface area contributed by atoms with Crippen LogP contribution in [0.4, 0.5) is 9.18 Å². The standard InChI is InChI=1S/C22H27FN2O3/c1-14(2)21(17-7-10-19-20(13-17)28-12-11-27-19)24-22(26)25(4)15(3)16-5-8-18(23)9-6-16/h5-10,13-15,21H,11-12H2,1-4H3,(H,24,26)/t15-,21+/m0/s1. The monoisotopic (exact) mass is 386 g/mol. The van der Waals surface area contributed by atoms with Gasteiger partial charge in [-0.2, -0.15) is 0 Å². The largest absolute Gasteiger partial charge is 0.486 e. The first kappa shape index (κ1) is 20.0. The maximum Gasteiger partial charge on any atom is 0.318 e. The van der Waals surface area contributed by atoms with Crippen LogP contribution in [-0.4, -0.2) is 31.2 Å². The SMILES string of the molecule is CC(C)[C@@H](NC(=O)N(C)[C@@H](C)c1ccc(F)cc1)c1ccc2c(c1)OCCO2. The van der Waals surface area contributed by atoms with Crippen molar-refractivity contribution in [3.8, 4) is 11.5 Å². The lowest BCUT2D eigenvalue weighted by Gasteiger charge is -2.30. The van der Waals surface area contributed by atoms with E-state index in [1.54, 1.807) is 24.1 Å². The number of rotatable bonds is 5. The summed E-state index contributed by atoms with van der Waals surface area (Å²) in [6, 6.07) is 11.4. The Morgan fingerprint density at radius 3 is 2.25 bits per heavy atom. The number of ether oxygens (including phenoxy) is 2. The van der Waals surface area contributed by atoms with Gasteiger partial charge in [0.1, 0.15) is 19.0 Å². The summed E-state index contributed by atoms with van der Waals surface area (Å²) >= 11 is 0. The number of fused-ring (bicyclic) bond motifs is 1. The first-order valence-corrected chi connectivity index (χ1v) is 9.55. The zero-order valence-corrected chi connectivity index (χ0v) is 16.7. The van der Waals surface area contributed by atoms with E-state index in [1.165, 1.54) is 12.1 Å². The zero-order chi connectivity index (χ0) is 20.3. The molecule has 28 heavy (non-hydrogen) atoms. The van der Waals surface area contributed by atoms with Crippen LogP contribution in [0.3, 0.4) is 0 Å². The Morgan fingerprint density at radius 1 is 1.00 bits per heavy atom. The highest BCUT2D eigenvalue weighted by Gasteiger charge is 2.25. The lowest BCUT2D eigenvalue weighted by atomic mass is 9.95. The molecule has 5 nitrogen and oxygen atoms in total. The number of amides is 2. The second-order valence-corrected chi connectivity index (χ2v) is 7.41. The quantitative estimate of drug-likeness (QED) is 0.811. The van der Waals surface area contributed by atoms with Crippen molar-refractivity contribution in [3.05, 3.63) is 59.4 Å². The second-order valence-electron chi connectivity index (χ2n) is 7.41. The highest BCUT2D eigenvalue weighted by molar-refractivity contribution is 5.75. The van der Waals surface area contributed by atoms with E-state index in [1.807, 2.05) is 25.1 Å². The van der Waals surface area contributed by atoms with Crippen molar-refractivity contribution in [3.63, 3.8) is 0 Å². The lowest BCUT2D eigenvalue weighted by Crippen LogP contribution is -2.42. The van der Waals surface area contributed by atoms with Crippen LogP contribution >= 0.6 is 0 Å². The molecule has 6 heteroatoms. The molecule has 2 aromatic rings. The maximum atomic E-state index is 13.2. The van der Waals surface area contributed by atoms with Gasteiger partial charge in [0.15, 0.2) is 11.5 Å². The first-order valence-electron chi connectivity index (χ1n) is 9.55. The molecule has 0 radical (unpaired) electrons. The Balaban J connectivity index is 1.74. The van der Waals surface area contributed by atoms with E-state index < -0.39 is 0 Å². The van der Waals surface area contributed by atoms with Gasteiger partial charge in [0.25, 0.3) is 0 Å². The van der Waals surface area contributed by atoms with Gasteiger partial charge in [0, 0.05) is 7.05 Å². The summed E-state index contributed by atoms with van der Waals surface area (Å²) in [5.41, 5.74) is 1.84. The molecular formula is C22H27FN2O3. The van der Waals surface area contributed by atoms with Crippen LogP contribution in [0.2, 0.25) is 0 Å². The average molecular weight is 386 g/mol. The van der Waals surface area contributed by atoms with Crippen LogP contribution in [0.15, 0.2) is 42.5 Å². The third-order valence-electron chi connectivity index (χ3n) is 5.12. The fourth-order valence-corrected chi connectivity index (χ4v) is 3.26. The molecule has 0 spiro atoms. The van der Waals surface area contributed by atoms with Crippen molar-refractivity contribution >= 4 is 6.03 Å².